The zero-order chi connectivity index (χ0) is 10.3. The second kappa shape index (κ2) is 9.30. The Morgan fingerprint density at radius 1 is 0.786 bits per heavy atom. The van der Waals surface area contributed by atoms with E-state index in [4.69, 9.17) is 0 Å². The summed E-state index contributed by atoms with van der Waals surface area (Å²) in [7, 11) is 0. The summed E-state index contributed by atoms with van der Waals surface area (Å²) in [6.07, 6.45) is 4.35. The number of piperidine rings is 3. The van der Waals surface area contributed by atoms with Crippen molar-refractivity contribution in [3.8, 4) is 0 Å². The van der Waals surface area contributed by atoms with Crippen LogP contribution in [0.15, 0.2) is 0 Å². The van der Waals surface area contributed by atoms with Gasteiger partial charge in [0.05, 0.1) is 0 Å². The predicted molar refractivity (Wildman–Crippen MR) is 61.1 cm³/mol. The summed E-state index contributed by atoms with van der Waals surface area (Å²) in [5.41, 5.74) is 0.745. The third kappa shape index (κ3) is 5.23. The van der Waals surface area contributed by atoms with Gasteiger partial charge in [0.1, 0.15) is 0 Å². The molecule has 3 fully saturated rings. The van der Waals surface area contributed by atoms with Crippen LogP contribution in [0.2, 0.25) is 0 Å². The second-order valence-electron chi connectivity index (χ2n) is 3.90. The maximum absolute atomic E-state index is 2.59. The molecule has 0 aromatic heterocycles. The molecule has 0 amide bonds. The van der Waals surface area contributed by atoms with Crippen molar-refractivity contribution < 1.29 is 32.7 Å². The van der Waals surface area contributed by atoms with Crippen LogP contribution in [0.1, 0.15) is 53.9 Å². The Balaban J connectivity index is 0. The summed E-state index contributed by atoms with van der Waals surface area (Å²) < 4.78 is 0. The molecule has 0 N–H and O–H groups in total. The van der Waals surface area contributed by atoms with Crippen LogP contribution in [0.4, 0.5) is 0 Å². The molecule has 0 saturated carbocycles. The van der Waals surface area contributed by atoms with Crippen LogP contribution in [0.5, 0.6) is 0 Å². The maximum Gasteiger partial charge on any atom is 0 e. The van der Waals surface area contributed by atoms with Gasteiger partial charge in [-0.05, 0) is 44.3 Å². The first-order valence-corrected chi connectivity index (χ1v) is 6.01. The third-order valence-corrected chi connectivity index (χ3v) is 3.09. The molecule has 3 aliphatic heterocycles. The van der Waals surface area contributed by atoms with Gasteiger partial charge in [-0.2, -0.15) is 0 Å². The second-order valence-corrected chi connectivity index (χ2v) is 3.90. The van der Waals surface area contributed by atoms with Gasteiger partial charge in [-0.3, -0.25) is 0 Å². The van der Waals surface area contributed by atoms with Crippen molar-refractivity contribution >= 4 is 0 Å². The summed E-state index contributed by atoms with van der Waals surface area (Å²) >= 11 is 0. The predicted octanol–water partition coefficient (Wildman–Crippen LogP) is 3.54. The molecule has 3 heterocycles. The minimum Gasteiger partial charge on any atom is -0.303 e. The molecule has 2 bridgehead atoms. The Labute approximate surface area is 116 Å². The first-order chi connectivity index (χ1) is 6.29. The van der Waals surface area contributed by atoms with Crippen LogP contribution < -0.4 is 0 Å². The van der Waals surface area contributed by atoms with Crippen LogP contribution >= 0.6 is 0 Å². The van der Waals surface area contributed by atoms with Crippen molar-refractivity contribution in [3.63, 3.8) is 0 Å². The Morgan fingerprint density at radius 3 is 1.21 bits per heavy atom. The van der Waals surface area contributed by atoms with Crippen molar-refractivity contribution in [2.75, 3.05) is 19.6 Å². The molecule has 0 spiro atoms. The van der Waals surface area contributed by atoms with Crippen LogP contribution in [0, 0.1) is 5.41 Å². The van der Waals surface area contributed by atoms with Crippen molar-refractivity contribution in [2.45, 2.75) is 53.9 Å². The van der Waals surface area contributed by atoms with Gasteiger partial charge in [0.25, 0.3) is 0 Å². The summed E-state index contributed by atoms with van der Waals surface area (Å²) in [6, 6.07) is 0. The number of nitrogens with zero attached hydrogens (tertiary/aromatic N) is 1. The van der Waals surface area contributed by atoms with E-state index in [1.807, 2.05) is 27.7 Å². The van der Waals surface area contributed by atoms with Crippen LogP contribution in [-0.2, 0) is 32.7 Å². The number of hydrogen-bond acceptors (Lipinski definition) is 1. The monoisotopic (exact) mass is 274 g/mol. The minimum atomic E-state index is 0. The number of hydrogen-bond donors (Lipinski definition) is 0. The van der Waals surface area contributed by atoms with E-state index in [0.717, 1.165) is 5.41 Å². The van der Waals surface area contributed by atoms with Crippen molar-refractivity contribution in [2.24, 2.45) is 5.41 Å². The quantitative estimate of drug-likeness (QED) is 0.653. The van der Waals surface area contributed by atoms with Gasteiger partial charge in [-0.25, -0.2) is 0 Å². The topological polar surface area (TPSA) is 3.24 Å². The van der Waals surface area contributed by atoms with Gasteiger partial charge in [0, 0.05) is 32.7 Å². The fraction of sp³-hybridized carbons (Fsp3) is 1.00. The summed E-state index contributed by atoms with van der Waals surface area (Å²) in [5.74, 6) is 0. The molecular weight excluding hydrogens is 247 g/mol. The number of rotatable bonds is 0. The van der Waals surface area contributed by atoms with Crippen LogP contribution in [0.25, 0.3) is 0 Å². The van der Waals surface area contributed by atoms with E-state index >= 15 is 0 Å². The molecule has 1 radical (unpaired) electrons. The molecule has 2 heteroatoms. The van der Waals surface area contributed by atoms with Gasteiger partial charge in [-0.1, -0.05) is 34.6 Å². The van der Waals surface area contributed by atoms with E-state index in [1.54, 1.807) is 0 Å². The molecule has 0 aliphatic carbocycles. The molecule has 1 nitrogen and oxygen atoms in total. The van der Waals surface area contributed by atoms with E-state index in [2.05, 4.69) is 11.8 Å². The molecule has 0 aromatic carbocycles. The Bertz CT molecular complexity index is 104. The van der Waals surface area contributed by atoms with Crippen LogP contribution in [-0.4, -0.2) is 24.5 Å². The minimum absolute atomic E-state index is 0. The zero-order valence-corrected chi connectivity index (χ0v) is 13.6. The average Bonchev–Trinajstić information content (AvgIpc) is 2.25. The normalized spacial score (nSPS) is 32.8. The Kier molecular flexibility index (Phi) is 11.6. The van der Waals surface area contributed by atoms with E-state index in [1.165, 1.54) is 38.9 Å². The molecule has 3 rings (SSSR count). The smallest absolute Gasteiger partial charge is 0 e. The molecule has 0 unspecified atom stereocenters. The molecule has 83 valence electrons. The SMILES string of the molecule is CC.CC.CC12CCN(CC1)CC2.[Y]. The molecular formula is C12H27NY. The fourth-order valence-electron chi connectivity index (χ4n) is 1.99. The van der Waals surface area contributed by atoms with Gasteiger partial charge in [0.2, 0.25) is 0 Å². The van der Waals surface area contributed by atoms with Crippen molar-refractivity contribution in [3.05, 3.63) is 0 Å². The van der Waals surface area contributed by atoms with Crippen LogP contribution in [0.3, 0.4) is 0 Å². The Morgan fingerprint density at radius 2 is 1.07 bits per heavy atom. The average molecular weight is 274 g/mol. The fourth-order valence-corrected chi connectivity index (χ4v) is 1.99. The molecule has 14 heavy (non-hydrogen) atoms. The molecule has 0 aromatic rings. The summed E-state index contributed by atoms with van der Waals surface area (Å²) in [4.78, 5) is 2.59. The third-order valence-electron chi connectivity index (χ3n) is 3.09. The van der Waals surface area contributed by atoms with E-state index in [0.29, 0.717) is 0 Å². The first kappa shape index (κ1) is 17.5. The van der Waals surface area contributed by atoms with E-state index in [9.17, 15) is 0 Å². The largest absolute Gasteiger partial charge is 0.303 e. The van der Waals surface area contributed by atoms with E-state index < -0.39 is 0 Å². The van der Waals surface area contributed by atoms with Gasteiger partial charge < -0.3 is 4.90 Å². The standard InChI is InChI=1S/C8H15N.2C2H6.Y/c1-8-2-5-9(6-3-8)7-4-8;2*1-2;/h2-7H2,1H3;2*1-2H3;. The summed E-state index contributed by atoms with van der Waals surface area (Å²) in [5, 5.41) is 0. The van der Waals surface area contributed by atoms with Crippen molar-refractivity contribution in [1.29, 1.82) is 0 Å². The maximum atomic E-state index is 2.59. The number of fused-ring (bicyclic) bond motifs is 3. The summed E-state index contributed by atoms with van der Waals surface area (Å²) in [6.45, 7) is 14.6. The molecule has 3 aliphatic rings. The van der Waals surface area contributed by atoms with Crippen molar-refractivity contribution in [1.82, 2.24) is 4.90 Å². The first-order valence-electron chi connectivity index (χ1n) is 6.01. The molecule has 0 atom stereocenters. The Hall–Kier alpha value is 1.06. The van der Waals surface area contributed by atoms with Gasteiger partial charge in [-0.15, -0.1) is 0 Å². The zero-order valence-electron chi connectivity index (χ0n) is 10.8. The van der Waals surface area contributed by atoms with Gasteiger partial charge >= 0.3 is 0 Å². The van der Waals surface area contributed by atoms with E-state index in [-0.39, 0.29) is 32.7 Å². The van der Waals surface area contributed by atoms with Gasteiger partial charge in [0.15, 0.2) is 0 Å². The molecule has 3 saturated heterocycles.